The Labute approximate surface area is 116 Å². The van der Waals surface area contributed by atoms with Crippen LogP contribution in [0.25, 0.3) is 0 Å². The van der Waals surface area contributed by atoms with Crippen molar-refractivity contribution in [1.29, 1.82) is 0 Å². The molecule has 3 unspecified atom stereocenters. The molecule has 1 aromatic rings. The van der Waals surface area contributed by atoms with E-state index < -0.39 is 12.0 Å². The Balaban J connectivity index is 1.74. The molecule has 2 heterocycles. The molecule has 2 aliphatic heterocycles. The summed E-state index contributed by atoms with van der Waals surface area (Å²) in [5.74, 6) is -0.993. The molecule has 1 amide bonds. The minimum Gasteiger partial charge on any atom is -0.480 e. The van der Waals surface area contributed by atoms with Crippen molar-refractivity contribution < 1.29 is 14.7 Å². The number of hydrogen-bond donors (Lipinski definition) is 3. The number of carbonyl (C=O) groups excluding carboxylic acids is 1. The maximum atomic E-state index is 12.4. The first kappa shape index (κ1) is 13.1. The highest BCUT2D eigenvalue weighted by atomic mass is 16.4. The summed E-state index contributed by atoms with van der Waals surface area (Å²) in [5, 5.41) is 9.19. The topological polar surface area (TPSA) is 81.7 Å². The van der Waals surface area contributed by atoms with E-state index >= 15 is 0 Å². The zero-order valence-corrected chi connectivity index (χ0v) is 11.0. The lowest BCUT2D eigenvalue weighted by atomic mass is 9.88. The van der Waals surface area contributed by atoms with Crippen LogP contribution in [-0.2, 0) is 4.79 Å². The first-order valence-corrected chi connectivity index (χ1v) is 6.75. The summed E-state index contributed by atoms with van der Waals surface area (Å²) >= 11 is 0. The number of likely N-dealkylation sites (tertiary alicyclic amines) is 1. The highest BCUT2D eigenvalue weighted by Gasteiger charge is 2.44. The van der Waals surface area contributed by atoms with Crippen LogP contribution < -0.4 is 10.9 Å². The maximum Gasteiger partial charge on any atom is 0.322 e. The monoisotopic (exact) mass is 275 g/mol. The van der Waals surface area contributed by atoms with Gasteiger partial charge in [-0.3, -0.25) is 15.0 Å². The van der Waals surface area contributed by atoms with Crippen LogP contribution in [0.1, 0.15) is 16.8 Å². The SMILES string of the molecule is O=C(O)C1NNC2CCN(C(=O)c3ccccc3)CC21. The van der Waals surface area contributed by atoms with E-state index in [9.17, 15) is 14.7 Å². The predicted octanol–water partition coefficient (Wildman–Crippen LogP) is 0.0783. The van der Waals surface area contributed by atoms with Gasteiger partial charge < -0.3 is 10.0 Å². The fourth-order valence-electron chi connectivity index (χ4n) is 3.00. The highest BCUT2D eigenvalue weighted by Crippen LogP contribution is 2.25. The van der Waals surface area contributed by atoms with Gasteiger partial charge in [0.1, 0.15) is 6.04 Å². The number of nitrogens with zero attached hydrogens (tertiary/aromatic N) is 1. The smallest absolute Gasteiger partial charge is 0.322 e. The Kier molecular flexibility index (Phi) is 3.42. The Hall–Kier alpha value is -1.92. The van der Waals surface area contributed by atoms with E-state index in [1.807, 2.05) is 18.2 Å². The van der Waals surface area contributed by atoms with Crippen molar-refractivity contribution in [1.82, 2.24) is 15.8 Å². The van der Waals surface area contributed by atoms with Crippen LogP contribution in [0.15, 0.2) is 30.3 Å². The summed E-state index contributed by atoms with van der Waals surface area (Å²) in [4.78, 5) is 25.4. The van der Waals surface area contributed by atoms with Crippen LogP contribution in [0.4, 0.5) is 0 Å². The minimum absolute atomic E-state index is 0.0277. The zero-order chi connectivity index (χ0) is 14.1. The van der Waals surface area contributed by atoms with Gasteiger partial charge in [-0.05, 0) is 18.6 Å². The van der Waals surface area contributed by atoms with Crippen LogP contribution in [0, 0.1) is 5.92 Å². The third-order valence-electron chi connectivity index (χ3n) is 4.08. The third kappa shape index (κ3) is 2.28. The number of carboxylic acids is 1. The number of benzene rings is 1. The number of hydrazine groups is 1. The van der Waals surface area contributed by atoms with E-state index in [1.165, 1.54) is 0 Å². The summed E-state index contributed by atoms with van der Waals surface area (Å²) in [6.07, 6.45) is 0.764. The second-order valence-electron chi connectivity index (χ2n) is 5.28. The molecule has 3 atom stereocenters. The average molecular weight is 275 g/mol. The molecular weight excluding hydrogens is 258 g/mol. The van der Waals surface area contributed by atoms with E-state index in [4.69, 9.17) is 0 Å². The normalized spacial score (nSPS) is 29.0. The summed E-state index contributed by atoms with van der Waals surface area (Å²) < 4.78 is 0. The van der Waals surface area contributed by atoms with Crippen molar-refractivity contribution in [2.45, 2.75) is 18.5 Å². The van der Waals surface area contributed by atoms with Crippen LogP contribution in [0.2, 0.25) is 0 Å². The van der Waals surface area contributed by atoms with Crippen molar-refractivity contribution in [3.05, 3.63) is 35.9 Å². The molecular formula is C14H17N3O3. The summed E-state index contributed by atoms with van der Waals surface area (Å²) in [6.45, 7) is 1.12. The fourth-order valence-corrected chi connectivity index (χ4v) is 3.00. The van der Waals surface area contributed by atoms with E-state index in [0.29, 0.717) is 18.7 Å². The van der Waals surface area contributed by atoms with Gasteiger partial charge in [0.05, 0.1) is 0 Å². The molecule has 0 radical (unpaired) electrons. The molecule has 0 aromatic heterocycles. The van der Waals surface area contributed by atoms with Gasteiger partial charge in [-0.1, -0.05) is 18.2 Å². The number of nitrogens with one attached hydrogen (secondary N) is 2. The maximum absolute atomic E-state index is 12.4. The number of piperidine rings is 1. The standard InChI is InChI=1S/C14H17N3O3/c18-13(9-4-2-1-3-5-9)17-7-6-11-10(8-17)12(14(19)20)16-15-11/h1-5,10-12,15-16H,6-8H2,(H,19,20). The molecule has 3 N–H and O–H groups in total. The van der Waals surface area contributed by atoms with Crippen molar-refractivity contribution in [3.8, 4) is 0 Å². The Morgan fingerprint density at radius 2 is 1.95 bits per heavy atom. The number of carboxylic acid groups (broad SMARTS) is 1. The molecule has 0 saturated carbocycles. The lowest BCUT2D eigenvalue weighted by Crippen LogP contribution is -2.49. The van der Waals surface area contributed by atoms with E-state index in [2.05, 4.69) is 10.9 Å². The van der Waals surface area contributed by atoms with Crippen molar-refractivity contribution >= 4 is 11.9 Å². The van der Waals surface area contributed by atoms with Gasteiger partial charge in [-0.25, -0.2) is 5.43 Å². The largest absolute Gasteiger partial charge is 0.480 e. The van der Waals surface area contributed by atoms with Gasteiger partial charge in [0.15, 0.2) is 0 Å². The van der Waals surface area contributed by atoms with Crippen LogP contribution in [0.3, 0.4) is 0 Å². The van der Waals surface area contributed by atoms with E-state index in [1.54, 1.807) is 17.0 Å². The fraction of sp³-hybridized carbons (Fsp3) is 0.429. The van der Waals surface area contributed by atoms with Gasteiger partial charge in [0.25, 0.3) is 5.91 Å². The molecule has 2 saturated heterocycles. The molecule has 3 rings (SSSR count). The molecule has 20 heavy (non-hydrogen) atoms. The van der Waals surface area contributed by atoms with Gasteiger partial charge in [-0.15, -0.1) is 0 Å². The number of fused-ring (bicyclic) bond motifs is 1. The van der Waals surface area contributed by atoms with Crippen molar-refractivity contribution in [3.63, 3.8) is 0 Å². The number of amides is 1. The van der Waals surface area contributed by atoms with E-state index in [0.717, 1.165) is 6.42 Å². The summed E-state index contributed by atoms with van der Waals surface area (Å²) in [5.41, 5.74) is 6.48. The quantitative estimate of drug-likeness (QED) is 0.712. The van der Waals surface area contributed by atoms with Crippen LogP contribution >= 0.6 is 0 Å². The molecule has 6 heteroatoms. The number of hydrogen-bond acceptors (Lipinski definition) is 4. The lowest BCUT2D eigenvalue weighted by molar-refractivity contribution is -0.140. The highest BCUT2D eigenvalue weighted by molar-refractivity contribution is 5.94. The van der Waals surface area contributed by atoms with Gasteiger partial charge >= 0.3 is 5.97 Å². The first-order valence-electron chi connectivity index (χ1n) is 6.75. The Morgan fingerprint density at radius 3 is 2.65 bits per heavy atom. The second-order valence-corrected chi connectivity index (χ2v) is 5.28. The Bertz CT molecular complexity index is 520. The van der Waals surface area contributed by atoms with Gasteiger partial charge in [-0.2, -0.15) is 0 Å². The zero-order valence-electron chi connectivity index (χ0n) is 11.0. The molecule has 0 bridgehead atoms. The molecule has 0 spiro atoms. The van der Waals surface area contributed by atoms with Gasteiger partial charge in [0, 0.05) is 30.6 Å². The molecule has 1 aromatic carbocycles. The van der Waals surface area contributed by atoms with Crippen molar-refractivity contribution in [2.24, 2.45) is 5.92 Å². The first-order chi connectivity index (χ1) is 9.66. The van der Waals surface area contributed by atoms with Crippen LogP contribution in [-0.4, -0.2) is 47.1 Å². The molecule has 6 nitrogen and oxygen atoms in total. The molecule has 0 aliphatic carbocycles. The second kappa shape index (κ2) is 5.22. The number of rotatable bonds is 2. The lowest BCUT2D eigenvalue weighted by Gasteiger charge is -2.35. The van der Waals surface area contributed by atoms with Crippen molar-refractivity contribution in [2.75, 3.05) is 13.1 Å². The van der Waals surface area contributed by atoms with Crippen LogP contribution in [0.5, 0.6) is 0 Å². The molecule has 106 valence electrons. The summed E-state index contributed by atoms with van der Waals surface area (Å²) in [7, 11) is 0. The number of aliphatic carboxylic acids is 1. The predicted molar refractivity (Wildman–Crippen MR) is 71.9 cm³/mol. The molecule has 2 aliphatic rings. The minimum atomic E-state index is -0.876. The third-order valence-corrected chi connectivity index (χ3v) is 4.08. The van der Waals surface area contributed by atoms with E-state index in [-0.39, 0.29) is 17.9 Å². The molecule has 2 fully saturated rings. The Morgan fingerprint density at radius 1 is 1.20 bits per heavy atom. The summed E-state index contributed by atoms with van der Waals surface area (Å²) in [6, 6.07) is 8.59. The number of carbonyl (C=O) groups is 2. The average Bonchev–Trinajstić information content (AvgIpc) is 2.90. The van der Waals surface area contributed by atoms with Gasteiger partial charge in [0.2, 0.25) is 0 Å².